The van der Waals surface area contributed by atoms with Crippen molar-refractivity contribution in [2.45, 2.75) is 63.1 Å². The van der Waals surface area contributed by atoms with E-state index < -0.39 is 23.9 Å². The number of imidazole rings is 1. The number of likely N-dealkylation sites (tertiary alicyclic amines) is 1. The lowest BCUT2D eigenvalue weighted by atomic mass is 9.82. The molecule has 2 fully saturated rings. The summed E-state index contributed by atoms with van der Waals surface area (Å²) < 4.78 is 45.4. The molecule has 0 radical (unpaired) electrons. The van der Waals surface area contributed by atoms with Crippen LogP contribution in [-0.4, -0.2) is 69.8 Å². The maximum Gasteiger partial charge on any atom is 0.490 e. The van der Waals surface area contributed by atoms with Crippen molar-refractivity contribution in [1.29, 1.82) is 0 Å². The number of carboxylic acid groups (broad SMARTS) is 1. The number of carboxylic acids is 1. The molecule has 2 amide bonds. The summed E-state index contributed by atoms with van der Waals surface area (Å²) in [6, 6.07) is 7.63. The van der Waals surface area contributed by atoms with Gasteiger partial charge in [0.1, 0.15) is 17.2 Å². The lowest BCUT2D eigenvalue weighted by Crippen LogP contribution is -2.55. The van der Waals surface area contributed by atoms with Gasteiger partial charge < -0.3 is 29.4 Å². The number of alkyl halides is 3. The number of methoxy groups -OCH3 is 1. The maximum absolute atomic E-state index is 13.0. The van der Waals surface area contributed by atoms with E-state index in [1.165, 1.54) is 0 Å². The van der Waals surface area contributed by atoms with E-state index in [9.17, 15) is 22.8 Å². The average molecular weight is 553 g/mol. The van der Waals surface area contributed by atoms with Crippen LogP contribution in [0.25, 0.3) is 0 Å². The fraction of sp³-hybridized carbons (Fsp3) is 0.538. The van der Waals surface area contributed by atoms with Gasteiger partial charge in [0, 0.05) is 50.8 Å². The third-order valence-corrected chi connectivity index (χ3v) is 7.35. The lowest BCUT2D eigenvalue weighted by molar-refractivity contribution is -0.192. The highest BCUT2D eigenvalue weighted by atomic mass is 19.4. The van der Waals surface area contributed by atoms with Crippen molar-refractivity contribution < 1.29 is 42.1 Å². The summed E-state index contributed by atoms with van der Waals surface area (Å²) in [5.74, 6) is -0.756. The van der Waals surface area contributed by atoms with E-state index in [-0.39, 0.29) is 17.7 Å². The number of aliphatic carboxylic acids is 1. The molecule has 3 aliphatic rings. The summed E-state index contributed by atoms with van der Waals surface area (Å²) in [7, 11) is 1.63. The van der Waals surface area contributed by atoms with Gasteiger partial charge in [-0.2, -0.15) is 13.2 Å². The second-order valence-corrected chi connectivity index (χ2v) is 9.83. The van der Waals surface area contributed by atoms with Crippen LogP contribution in [0.2, 0.25) is 0 Å². The van der Waals surface area contributed by atoms with Crippen LogP contribution in [0.3, 0.4) is 0 Å². The van der Waals surface area contributed by atoms with Gasteiger partial charge in [0.15, 0.2) is 6.10 Å². The highest BCUT2D eigenvalue weighted by molar-refractivity contribution is 5.81. The lowest BCUT2D eigenvalue weighted by Gasteiger charge is -2.46. The number of fused-ring (bicyclic) bond motifs is 2. The first-order chi connectivity index (χ1) is 18.5. The number of piperidine rings is 1. The highest BCUT2D eigenvalue weighted by Gasteiger charge is 2.48. The molecule has 1 aliphatic carbocycles. The predicted octanol–water partition coefficient (Wildman–Crippen LogP) is 2.86. The first kappa shape index (κ1) is 28.4. The standard InChI is InChI=1S/C24H30N4O4.C2HF3O2/c1-31-19-7-5-17(6-8-19)15-26-21(29)20-16-28-14-11-25-23(28)24(32-20)9-12-27(13-10-24)22(30)18-3-2-4-18;3-2(4,5)1(6)7/h5-8,11,14,18,20H,2-4,9-10,12-13,15-16H2,1H3,(H,26,29);(H,6,7). The number of rotatable bonds is 5. The zero-order valence-corrected chi connectivity index (χ0v) is 21.4. The molecule has 13 heteroatoms. The molecular weight excluding hydrogens is 521 g/mol. The van der Waals surface area contributed by atoms with E-state index in [2.05, 4.69) is 10.3 Å². The number of benzene rings is 1. The summed E-state index contributed by atoms with van der Waals surface area (Å²) in [6.45, 7) is 2.15. The van der Waals surface area contributed by atoms with Gasteiger partial charge in [0.05, 0.1) is 13.7 Å². The number of halogens is 3. The Bertz CT molecular complexity index is 1170. The van der Waals surface area contributed by atoms with Gasteiger partial charge in [0.2, 0.25) is 5.91 Å². The predicted molar refractivity (Wildman–Crippen MR) is 130 cm³/mol. The molecule has 39 heavy (non-hydrogen) atoms. The summed E-state index contributed by atoms with van der Waals surface area (Å²) >= 11 is 0. The van der Waals surface area contributed by atoms with Crippen LogP contribution in [0, 0.1) is 5.92 Å². The fourth-order valence-corrected chi connectivity index (χ4v) is 4.92. The summed E-state index contributed by atoms with van der Waals surface area (Å²) in [5.41, 5.74) is 0.371. The molecule has 5 rings (SSSR count). The van der Waals surface area contributed by atoms with Crippen LogP contribution in [0.5, 0.6) is 5.75 Å². The number of carbonyl (C=O) groups excluding carboxylic acids is 2. The van der Waals surface area contributed by atoms with Crippen molar-refractivity contribution in [3.05, 3.63) is 48.0 Å². The summed E-state index contributed by atoms with van der Waals surface area (Å²) in [5, 5.41) is 10.1. The minimum absolute atomic E-state index is 0.132. The number of hydrogen-bond donors (Lipinski definition) is 2. The van der Waals surface area contributed by atoms with E-state index in [0.29, 0.717) is 39.0 Å². The van der Waals surface area contributed by atoms with Crippen molar-refractivity contribution in [3.63, 3.8) is 0 Å². The molecule has 1 spiro atoms. The van der Waals surface area contributed by atoms with Crippen molar-refractivity contribution in [2.75, 3.05) is 20.2 Å². The molecule has 2 N–H and O–H groups in total. The first-order valence-corrected chi connectivity index (χ1v) is 12.7. The molecule has 10 nitrogen and oxygen atoms in total. The van der Waals surface area contributed by atoms with Gasteiger partial charge in [-0.25, -0.2) is 9.78 Å². The average Bonchev–Trinajstić information content (AvgIpc) is 3.37. The summed E-state index contributed by atoms with van der Waals surface area (Å²) in [6.07, 6.45) is 2.50. The van der Waals surface area contributed by atoms with E-state index >= 15 is 0 Å². The molecule has 3 heterocycles. The Kier molecular flexibility index (Phi) is 8.48. The smallest absolute Gasteiger partial charge is 0.490 e. The number of carbonyl (C=O) groups is 3. The number of amides is 2. The largest absolute Gasteiger partial charge is 0.497 e. The SMILES string of the molecule is COc1ccc(CNC(=O)C2Cn3ccnc3C3(CCN(C(=O)C4CCC4)CC3)O2)cc1.O=C(O)C(F)(F)F. The number of nitrogens with one attached hydrogen (secondary N) is 1. The minimum atomic E-state index is -5.08. The Morgan fingerprint density at radius 2 is 1.82 bits per heavy atom. The molecule has 1 aromatic heterocycles. The Hall–Kier alpha value is -3.61. The normalized spacial score (nSPS) is 20.2. The Morgan fingerprint density at radius 1 is 1.18 bits per heavy atom. The zero-order valence-electron chi connectivity index (χ0n) is 21.4. The molecule has 1 unspecified atom stereocenters. The van der Waals surface area contributed by atoms with E-state index in [4.69, 9.17) is 19.4 Å². The van der Waals surface area contributed by atoms with E-state index in [1.807, 2.05) is 39.9 Å². The Morgan fingerprint density at radius 3 is 2.36 bits per heavy atom. The van der Waals surface area contributed by atoms with Crippen LogP contribution < -0.4 is 10.1 Å². The molecule has 212 valence electrons. The minimum Gasteiger partial charge on any atom is -0.497 e. The van der Waals surface area contributed by atoms with Crippen LogP contribution >= 0.6 is 0 Å². The molecular formula is C26H31F3N4O6. The topological polar surface area (TPSA) is 123 Å². The third kappa shape index (κ3) is 6.52. The monoisotopic (exact) mass is 552 g/mol. The molecule has 1 saturated carbocycles. The third-order valence-electron chi connectivity index (χ3n) is 7.35. The van der Waals surface area contributed by atoms with Crippen molar-refractivity contribution in [2.24, 2.45) is 5.92 Å². The zero-order chi connectivity index (χ0) is 28.2. The summed E-state index contributed by atoms with van der Waals surface area (Å²) in [4.78, 5) is 41.1. The van der Waals surface area contributed by atoms with Crippen LogP contribution in [-0.2, 0) is 37.8 Å². The number of nitrogens with zero attached hydrogens (tertiary/aromatic N) is 3. The number of aromatic nitrogens is 2. The van der Waals surface area contributed by atoms with Crippen molar-refractivity contribution >= 4 is 17.8 Å². The molecule has 1 atom stereocenters. The van der Waals surface area contributed by atoms with E-state index in [1.54, 1.807) is 13.3 Å². The molecule has 2 aromatic rings. The van der Waals surface area contributed by atoms with E-state index in [0.717, 1.165) is 36.4 Å². The van der Waals surface area contributed by atoms with Gasteiger partial charge in [-0.1, -0.05) is 18.6 Å². The van der Waals surface area contributed by atoms with Gasteiger partial charge in [-0.05, 0) is 30.5 Å². The van der Waals surface area contributed by atoms with Crippen molar-refractivity contribution in [3.8, 4) is 5.75 Å². The molecule has 0 bridgehead atoms. The van der Waals surface area contributed by atoms with Crippen LogP contribution in [0.4, 0.5) is 13.2 Å². The van der Waals surface area contributed by atoms with Gasteiger partial charge in [-0.15, -0.1) is 0 Å². The molecule has 1 aromatic carbocycles. The quantitative estimate of drug-likeness (QED) is 0.585. The maximum atomic E-state index is 13.0. The second-order valence-electron chi connectivity index (χ2n) is 9.83. The highest BCUT2D eigenvalue weighted by Crippen LogP contribution is 2.41. The number of hydrogen-bond acceptors (Lipinski definition) is 6. The van der Waals surface area contributed by atoms with Crippen molar-refractivity contribution in [1.82, 2.24) is 19.8 Å². The van der Waals surface area contributed by atoms with Crippen LogP contribution in [0.15, 0.2) is 36.7 Å². The molecule has 1 saturated heterocycles. The Balaban J connectivity index is 0.000000448. The number of ether oxygens (including phenoxy) is 2. The fourth-order valence-electron chi connectivity index (χ4n) is 4.92. The molecule has 2 aliphatic heterocycles. The van der Waals surface area contributed by atoms with Gasteiger partial charge in [-0.3, -0.25) is 9.59 Å². The van der Waals surface area contributed by atoms with Crippen LogP contribution in [0.1, 0.15) is 43.5 Å². The van der Waals surface area contributed by atoms with Gasteiger partial charge >= 0.3 is 12.1 Å². The second kappa shape index (κ2) is 11.6. The Labute approximate surface area is 223 Å². The van der Waals surface area contributed by atoms with Gasteiger partial charge in [0.25, 0.3) is 5.91 Å². The first-order valence-electron chi connectivity index (χ1n) is 12.7.